The molecule has 1 nitrogen and oxygen atoms in total. The van der Waals surface area contributed by atoms with E-state index in [-0.39, 0.29) is 0 Å². The number of allylic oxidation sites excluding steroid dienone is 1. The van der Waals surface area contributed by atoms with Gasteiger partial charge in [0.2, 0.25) is 0 Å². The predicted octanol–water partition coefficient (Wildman–Crippen LogP) is 2.72. The highest BCUT2D eigenvalue weighted by Crippen LogP contribution is 1.95. The summed E-state index contributed by atoms with van der Waals surface area (Å²) in [4.78, 5) is 0. The molecule has 0 radical (unpaired) electrons. The van der Waals surface area contributed by atoms with Crippen LogP contribution >= 0.6 is 22.6 Å². The van der Waals surface area contributed by atoms with Gasteiger partial charge < -0.3 is 4.43 Å². The number of halogens is 1. The van der Waals surface area contributed by atoms with Crippen LogP contribution in [0.3, 0.4) is 0 Å². The Morgan fingerprint density at radius 2 is 2.20 bits per heavy atom. The first-order chi connectivity index (χ1) is 4.77. The normalized spacial score (nSPS) is 11.6. The highest BCUT2D eigenvalue weighted by molar-refractivity contribution is 14.1. The summed E-state index contributed by atoms with van der Waals surface area (Å²) in [6, 6.07) is 0. The minimum Gasteiger partial charge on any atom is -0.421 e. The zero-order chi connectivity index (χ0) is 7.82. The molecule has 0 saturated heterocycles. The van der Waals surface area contributed by atoms with Crippen molar-refractivity contribution in [3.8, 4) is 0 Å². The number of unbranched alkanes of at least 4 members (excludes halogenated alkanes) is 1. The topological polar surface area (TPSA) is 9.23 Å². The first kappa shape index (κ1) is 10.6. The average Bonchev–Trinajstić information content (AvgIpc) is 1.87. The first-order valence-electron chi connectivity index (χ1n) is 3.64. The fraction of sp³-hybridized carbons (Fsp3) is 0.714. The van der Waals surface area contributed by atoms with Crippen molar-refractivity contribution >= 4 is 31.6 Å². The van der Waals surface area contributed by atoms with Crippen LogP contribution in [0.25, 0.3) is 0 Å². The SMILES string of the molecule is C[SiH](C)OCCC/C=C/I. The molecule has 0 aliphatic carbocycles. The second kappa shape index (κ2) is 7.75. The summed E-state index contributed by atoms with van der Waals surface area (Å²) < 4.78 is 7.55. The van der Waals surface area contributed by atoms with Gasteiger partial charge in [-0.25, -0.2) is 0 Å². The van der Waals surface area contributed by atoms with E-state index in [0.717, 1.165) is 13.0 Å². The van der Waals surface area contributed by atoms with E-state index >= 15 is 0 Å². The van der Waals surface area contributed by atoms with Crippen molar-refractivity contribution in [3.05, 3.63) is 10.2 Å². The van der Waals surface area contributed by atoms with E-state index in [0.29, 0.717) is 0 Å². The Hall–Kier alpha value is 0.647. The summed E-state index contributed by atoms with van der Waals surface area (Å²) in [5.74, 6) is 0. The molecule has 10 heavy (non-hydrogen) atoms. The van der Waals surface area contributed by atoms with E-state index in [1.54, 1.807) is 0 Å². The number of hydrogen-bond acceptors (Lipinski definition) is 1. The van der Waals surface area contributed by atoms with Crippen molar-refractivity contribution in [2.24, 2.45) is 0 Å². The molecule has 0 amide bonds. The lowest BCUT2D eigenvalue weighted by molar-refractivity contribution is 0.320. The minimum absolute atomic E-state index is 0.748. The van der Waals surface area contributed by atoms with Crippen LogP contribution < -0.4 is 0 Å². The molecule has 60 valence electrons. The highest BCUT2D eigenvalue weighted by Gasteiger charge is 1.92. The van der Waals surface area contributed by atoms with E-state index in [2.05, 4.69) is 45.8 Å². The van der Waals surface area contributed by atoms with E-state index in [1.165, 1.54) is 6.42 Å². The first-order valence-corrected chi connectivity index (χ1v) is 7.67. The molecule has 0 spiro atoms. The zero-order valence-corrected chi connectivity index (χ0v) is 9.95. The number of rotatable bonds is 5. The largest absolute Gasteiger partial charge is 0.421 e. The van der Waals surface area contributed by atoms with Crippen LogP contribution in [0.1, 0.15) is 12.8 Å². The van der Waals surface area contributed by atoms with E-state index in [4.69, 9.17) is 4.43 Å². The summed E-state index contributed by atoms with van der Waals surface area (Å²) in [5.41, 5.74) is 0. The Morgan fingerprint density at radius 1 is 1.50 bits per heavy atom. The van der Waals surface area contributed by atoms with Crippen molar-refractivity contribution in [2.75, 3.05) is 6.61 Å². The summed E-state index contributed by atoms with van der Waals surface area (Å²) in [5, 5.41) is 0. The van der Waals surface area contributed by atoms with Gasteiger partial charge in [-0.1, -0.05) is 28.7 Å². The van der Waals surface area contributed by atoms with Gasteiger partial charge in [-0.15, -0.1) is 0 Å². The second-order valence-electron chi connectivity index (χ2n) is 2.42. The number of hydrogen-bond donors (Lipinski definition) is 0. The predicted molar refractivity (Wildman–Crippen MR) is 57.2 cm³/mol. The summed E-state index contributed by atoms with van der Waals surface area (Å²) >= 11 is 2.24. The molecule has 0 fully saturated rings. The molecule has 0 bridgehead atoms. The molecule has 0 saturated carbocycles. The third-order valence-corrected chi connectivity index (χ3v) is 2.47. The third kappa shape index (κ3) is 8.65. The second-order valence-corrected chi connectivity index (χ2v) is 5.57. The lowest BCUT2D eigenvalue weighted by Crippen LogP contribution is -2.08. The summed E-state index contributed by atoms with van der Waals surface area (Å²) in [7, 11) is -0.748. The minimum atomic E-state index is -0.748. The van der Waals surface area contributed by atoms with Crippen molar-refractivity contribution in [2.45, 2.75) is 25.9 Å². The molecular weight excluding hydrogens is 255 g/mol. The van der Waals surface area contributed by atoms with Crippen molar-refractivity contribution in [1.82, 2.24) is 0 Å². The lowest BCUT2D eigenvalue weighted by Gasteiger charge is -2.03. The molecular formula is C7H15IOSi. The molecule has 3 heteroatoms. The van der Waals surface area contributed by atoms with Gasteiger partial charge in [0.25, 0.3) is 0 Å². The van der Waals surface area contributed by atoms with Crippen LogP contribution in [0.5, 0.6) is 0 Å². The zero-order valence-electron chi connectivity index (χ0n) is 6.64. The molecule has 0 N–H and O–H groups in total. The third-order valence-electron chi connectivity index (χ3n) is 1.06. The van der Waals surface area contributed by atoms with E-state index in [9.17, 15) is 0 Å². The molecule has 0 aromatic heterocycles. The van der Waals surface area contributed by atoms with Crippen LogP contribution in [-0.2, 0) is 4.43 Å². The fourth-order valence-corrected chi connectivity index (χ4v) is 1.58. The maximum atomic E-state index is 5.49. The molecule has 0 heterocycles. The van der Waals surface area contributed by atoms with Crippen LogP contribution in [0.15, 0.2) is 10.2 Å². The molecule has 0 aromatic carbocycles. The van der Waals surface area contributed by atoms with Crippen LogP contribution in [-0.4, -0.2) is 15.6 Å². The molecule has 0 aromatic rings. The van der Waals surface area contributed by atoms with Gasteiger partial charge in [0.1, 0.15) is 0 Å². The molecule has 0 rings (SSSR count). The van der Waals surface area contributed by atoms with Crippen molar-refractivity contribution in [1.29, 1.82) is 0 Å². The smallest absolute Gasteiger partial charge is 0.170 e. The molecule has 0 aliphatic heterocycles. The Morgan fingerprint density at radius 3 is 2.70 bits per heavy atom. The summed E-state index contributed by atoms with van der Waals surface area (Å²) in [6.45, 7) is 5.35. The van der Waals surface area contributed by atoms with Crippen LogP contribution in [0, 0.1) is 0 Å². The molecule has 0 atom stereocenters. The van der Waals surface area contributed by atoms with Gasteiger partial charge >= 0.3 is 0 Å². The van der Waals surface area contributed by atoms with Crippen LogP contribution in [0.4, 0.5) is 0 Å². The van der Waals surface area contributed by atoms with Crippen molar-refractivity contribution < 1.29 is 4.43 Å². The van der Waals surface area contributed by atoms with E-state index < -0.39 is 9.04 Å². The highest BCUT2D eigenvalue weighted by atomic mass is 127. The van der Waals surface area contributed by atoms with Gasteiger partial charge in [-0.3, -0.25) is 0 Å². The van der Waals surface area contributed by atoms with Gasteiger partial charge in [0, 0.05) is 6.61 Å². The molecule has 0 aliphatic rings. The van der Waals surface area contributed by atoms with Crippen molar-refractivity contribution in [3.63, 3.8) is 0 Å². The Bertz CT molecular complexity index is 93.6. The average molecular weight is 270 g/mol. The van der Waals surface area contributed by atoms with Gasteiger partial charge in [-0.2, -0.15) is 0 Å². The summed E-state index contributed by atoms with van der Waals surface area (Å²) in [6.07, 6.45) is 4.50. The quantitative estimate of drug-likeness (QED) is 0.424. The standard InChI is InChI=1S/C7H15IOSi/c1-10(2)9-7-5-3-4-6-8/h4,6,10H,3,5,7H2,1-2H3/b6-4+. The monoisotopic (exact) mass is 270 g/mol. The Balaban J connectivity index is 2.91. The van der Waals surface area contributed by atoms with E-state index in [1.807, 2.05) is 0 Å². The van der Waals surface area contributed by atoms with Crippen LogP contribution in [0.2, 0.25) is 13.1 Å². The Labute approximate surface area is 78.7 Å². The van der Waals surface area contributed by atoms with Gasteiger partial charge in [0.15, 0.2) is 9.04 Å². The lowest BCUT2D eigenvalue weighted by atomic mass is 10.3. The maximum Gasteiger partial charge on any atom is 0.170 e. The van der Waals surface area contributed by atoms with Gasteiger partial charge in [0.05, 0.1) is 0 Å². The van der Waals surface area contributed by atoms with Gasteiger partial charge in [-0.05, 0) is 30.0 Å². The Kier molecular flexibility index (Phi) is 8.25. The maximum absolute atomic E-state index is 5.49. The fourth-order valence-electron chi connectivity index (χ4n) is 0.583. The molecule has 0 unspecified atom stereocenters.